The first-order valence-corrected chi connectivity index (χ1v) is 8.84. The Kier molecular flexibility index (Phi) is 5.30. The van der Waals surface area contributed by atoms with E-state index in [-0.39, 0.29) is 6.10 Å². The molecule has 0 saturated heterocycles. The minimum atomic E-state index is 0.225. The third kappa shape index (κ3) is 3.79. The zero-order valence-electron chi connectivity index (χ0n) is 13.0. The number of hydrogen-bond acceptors (Lipinski definition) is 3. The second kappa shape index (κ2) is 7.61. The molecule has 2 nitrogen and oxygen atoms in total. The van der Waals surface area contributed by atoms with Crippen molar-refractivity contribution in [2.75, 3.05) is 13.6 Å². The Morgan fingerprint density at radius 2 is 2.09 bits per heavy atom. The predicted octanol–water partition coefficient (Wildman–Crippen LogP) is 4.00. The lowest BCUT2D eigenvalue weighted by Gasteiger charge is -2.22. The molecule has 0 radical (unpaired) electrons. The third-order valence-corrected chi connectivity index (χ3v) is 4.97. The maximum atomic E-state index is 6.42. The first-order chi connectivity index (χ1) is 10.9. The lowest BCUT2D eigenvalue weighted by molar-refractivity contribution is 0.190. The van der Waals surface area contributed by atoms with Crippen molar-refractivity contribution >= 4 is 11.3 Å². The summed E-state index contributed by atoms with van der Waals surface area (Å²) in [5.41, 5.74) is 2.77. The average Bonchev–Trinajstić information content (AvgIpc) is 3.06. The highest BCUT2D eigenvalue weighted by molar-refractivity contribution is 7.09. The summed E-state index contributed by atoms with van der Waals surface area (Å²) in [6.07, 6.45) is 8.74. The summed E-state index contributed by atoms with van der Waals surface area (Å²) in [6.45, 7) is 0.977. The van der Waals surface area contributed by atoms with Gasteiger partial charge in [-0.2, -0.15) is 0 Å². The van der Waals surface area contributed by atoms with E-state index in [1.807, 2.05) is 18.4 Å². The van der Waals surface area contributed by atoms with Crippen LogP contribution in [-0.4, -0.2) is 19.7 Å². The molecule has 1 heterocycles. The molecule has 0 aliphatic heterocycles. The fourth-order valence-electron chi connectivity index (χ4n) is 2.90. The highest BCUT2D eigenvalue weighted by Gasteiger charge is 2.16. The number of fused-ring (bicyclic) bond motifs is 1. The molecule has 0 fully saturated rings. The SMILES string of the molecule is CNCC[C@@H](Cc1cccs1)Oc1cccc2c1CC=CC2. The van der Waals surface area contributed by atoms with Crippen molar-refractivity contribution in [1.29, 1.82) is 0 Å². The first kappa shape index (κ1) is 15.3. The third-order valence-electron chi connectivity index (χ3n) is 4.08. The minimum Gasteiger partial charge on any atom is -0.490 e. The van der Waals surface area contributed by atoms with Crippen LogP contribution in [0.1, 0.15) is 22.4 Å². The molecule has 0 saturated carbocycles. The summed E-state index contributed by atoms with van der Waals surface area (Å²) in [4.78, 5) is 1.39. The van der Waals surface area contributed by atoms with Gasteiger partial charge in [0.15, 0.2) is 0 Å². The Hall–Kier alpha value is -1.58. The van der Waals surface area contributed by atoms with Gasteiger partial charge in [-0.25, -0.2) is 0 Å². The van der Waals surface area contributed by atoms with E-state index in [9.17, 15) is 0 Å². The van der Waals surface area contributed by atoms with Crippen LogP contribution in [0.25, 0.3) is 0 Å². The van der Waals surface area contributed by atoms with Gasteiger partial charge in [0.1, 0.15) is 11.9 Å². The monoisotopic (exact) mass is 313 g/mol. The Morgan fingerprint density at radius 3 is 2.91 bits per heavy atom. The summed E-state index contributed by atoms with van der Waals surface area (Å²) in [5, 5.41) is 5.38. The average molecular weight is 313 g/mol. The molecule has 0 unspecified atom stereocenters. The largest absolute Gasteiger partial charge is 0.490 e. The van der Waals surface area contributed by atoms with Crippen molar-refractivity contribution in [3.05, 3.63) is 63.9 Å². The van der Waals surface area contributed by atoms with Crippen molar-refractivity contribution in [1.82, 2.24) is 5.32 Å². The molecule has 3 rings (SSSR count). The van der Waals surface area contributed by atoms with Crippen molar-refractivity contribution in [3.8, 4) is 5.75 Å². The minimum absolute atomic E-state index is 0.225. The smallest absolute Gasteiger partial charge is 0.123 e. The maximum absolute atomic E-state index is 6.42. The van der Waals surface area contributed by atoms with E-state index in [1.54, 1.807) is 0 Å². The van der Waals surface area contributed by atoms with E-state index >= 15 is 0 Å². The highest BCUT2D eigenvalue weighted by atomic mass is 32.1. The molecule has 1 aromatic carbocycles. The molecule has 1 aliphatic carbocycles. The maximum Gasteiger partial charge on any atom is 0.123 e. The second-order valence-electron chi connectivity index (χ2n) is 5.69. The quantitative estimate of drug-likeness (QED) is 0.780. The molecule has 3 heteroatoms. The Labute approximate surface area is 136 Å². The molecular formula is C19H23NOS. The number of thiophene rings is 1. The molecule has 1 atom stereocenters. The van der Waals surface area contributed by atoms with Gasteiger partial charge in [-0.3, -0.25) is 0 Å². The van der Waals surface area contributed by atoms with Crippen LogP contribution >= 0.6 is 11.3 Å². The molecule has 0 bridgehead atoms. The van der Waals surface area contributed by atoms with Crippen LogP contribution < -0.4 is 10.1 Å². The van der Waals surface area contributed by atoms with E-state index in [0.29, 0.717) is 0 Å². The molecule has 1 aliphatic rings. The van der Waals surface area contributed by atoms with Crippen LogP contribution in [0.2, 0.25) is 0 Å². The Balaban J connectivity index is 1.75. The predicted molar refractivity (Wildman–Crippen MR) is 94.0 cm³/mol. The zero-order chi connectivity index (χ0) is 15.2. The van der Waals surface area contributed by atoms with Crippen molar-refractivity contribution in [2.24, 2.45) is 0 Å². The summed E-state index contributed by atoms with van der Waals surface area (Å²) >= 11 is 1.81. The lowest BCUT2D eigenvalue weighted by Crippen LogP contribution is -2.25. The standard InChI is InChI=1S/C19H23NOS/c1-20-12-11-16(14-17-8-5-13-22-17)21-19-10-4-7-15-6-2-3-9-18(15)19/h2-5,7-8,10,13,16,20H,6,9,11-12,14H2,1H3/t16-/m0/s1. The number of hydrogen-bond donors (Lipinski definition) is 1. The second-order valence-corrected chi connectivity index (χ2v) is 6.72. The number of nitrogens with one attached hydrogen (secondary N) is 1. The van der Waals surface area contributed by atoms with Gasteiger partial charge in [-0.15, -0.1) is 11.3 Å². The normalized spacial score (nSPS) is 14.6. The molecular weight excluding hydrogens is 290 g/mol. The van der Waals surface area contributed by atoms with Gasteiger partial charge >= 0.3 is 0 Å². The zero-order valence-corrected chi connectivity index (χ0v) is 13.9. The summed E-state index contributed by atoms with van der Waals surface area (Å²) in [6, 6.07) is 10.8. The van der Waals surface area contributed by atoms with Gasteiger partial charge in [-0.05, 0) is 55.9 Å². The summed E-state index contributed by atoms with van der Waals surface area (Å²) in [7, 11) is 2.00. The molecule has 1 N–H and O–H groups in total. The van der Waals surface area contributed by atoms with Crippen molar-refractivity contribution in [3.63, 3.8) is 0 Å². The van der Waals surface area contributed by atoms with E-state index in [2.05, 4.69) is 53.2 Å². The van der Waals surface area contributed by atoms with Crippen LogP contribution in [-0.2, 0) is 19.3 Å². The van der Waals surface area contributed by atoms with Gasteiger partial charge < -0.3 is 10.1 Å². The first-order valence-electron chi connectivity index (χ1n) is 7.96. The van der Waals surface area contributed by atoms with Gasteiger partial charge in [0.25, 0.3) is 0 Å². The van der Waals surface area contributed by atoms with Gasteiger partial charge in [0.2, 0.25) is 0 Å². The molecule has 2 aromatic rings. The Morgan fingerprint density at radius 1 is 1.18 bits per heavy atom. The van der Waals surface area contributed by atoms with Gasteiger partial charge in [-0.1, -0.05) is 30.4 Å². The van der Waals surface area contributed by atoms with Crippen molar-refractivity contribution in [2.45, 2.75) is 31.8 Å². The van der Waals surface area contributed by atoms with E-state index in [1.165, 1.54) is 16.0 Å². The van der Waals surface area contributed by atoms with Crippen LogP contribution in [0.4, 0.5) is 0 Å². The molecule has 116 valence electrons. The van der Waals surface area contributed by atoms with Crippen LogP contribution in [0.3, 0.4) is 0 Å². The topological polar surface area (TPSA) is 21.3 Å². The van der Waals surface area contributed by atoms with Crippen LogP contribution in [0.15, 0.2) is 47.9 Å². The van der Waals surface area contributed by atoms with Crippen LogP contribution in [0.5, 0.6) is 5.75 Å². The molecule has 1 aromatic heterocycles. The highest BCUT2D eigenvalue weighted by Crippen LogP contribution is 2.28. The van der Waals surface area contributed by atoms with E-state index in [4.69, 9.17) is 4.74 Å². The number of allylic oxidation sites excluding steroid dienone is 2. The fraction of sp³-hybridized carbons (Fsp3) is 0.368. The van der Waals surface area contributed by atoms with E-state index < -0.39 is 0 Å². The van der Waals surface area contributed by atoms with E-state index in [0.717, 1.165) is 38.0 Å². The molecule has 22 heavy (non-hydrogen) atoms. The lowest BCUT2D eigenvalue weighted by atomic mass is 9.96. The molecule has 0 amide bonds. The number of rotatable bonds is 7. The molecule has 0 spiro atoms. The van der Waals surface area contributed by atoms with Gasteiger partial charge in [0, 0.05) is 16.9 Å². The van der Waals surface area contributed by atoms with Crippen molar-refractivity contribution < 1.29 is 4.74 Å². The fourth-order valence-corrected chi connectivity index (χ4v) is 3.67. The summed E-state index contributed by atoms with van der Waals surface area (Å²) in [5.74, 6) is 1.07. The number of ether oxygens (including phenoxy) is 1. The Bertz CT molecular complexity index is 618. The van der Waals surface area contributed by atoms with Crippen LogP contribution in [0, 0.1) is 0 Å². The van der Waals surface area contributed by atoms with Gasteiger partial charge in [0.05, 0.1) is 0 Å². The number of benzene rings is 1. The summed E-state index contributed by atoms with van der Waals surface area (Å²) < 4.78 is 6.42.